The van der Waals surface area contributed by atoms with Crippen LogP contribution in [0.3, 0.4) is 0 Å². The minimum atomic E-state index is 0.654. The van der Waals surface area contributed by atoms with Gasteiger partial charge in [0.25, 0.3) is 0 Å². The Labute approximate surface area is 92.8 Å². The molecule has 1 aliphatic carbocycles. The van der Waals surface area contributed by atoms with E-state index in [1.54, 1.807) is 11.3 Å². The van der Waals surface area contributed by atoms with Gasteiger partial charge >= 0.3 is 0 Å². The van der Waals surface area contributed by atoms with Crippen LogP contribution in [-0.4, -0.2) is 14.8 Å². The van der Waals surface area contributed by atoms with Gasteiger partial charge in [-0.25, -0.2) is 0 Å². The van der Waals surface area contributed by atoms with E-state index in [1.807, 2.05) is 6.33 Å². The fraction of sp³-hybridized carbons (Fsp3) is 0.455. The molecule has 0 radical (unpaired) electrons. The zero-order valence-corrected chi connectivity index (χ0v) is 9.50. The number of hydrogen-bond acceptors (Lipinski definition) is 3. The van der Waals surface area contributed by atoms with Crippen molar-refractivity contribution in [1.82, 2.24) is 14.8 Å². The summed E-state index contributed by atoms with van der Waals surface area (Å²) in [5, 5.41) is 10.4. The molecule has 3 rings (SSSR count). The van der Waals surface area contributed by atoms with Crippen molar-refractivity contribution in [3.05, 3.63) is 23.3 Å². The van der Waals surface area contributed by atoms with Crippen molar-refractivity contribution in [1.29, 1.82) is 0 Å². The first-order valence-electron chi connectivity index (χ1n) is 5.36. The molecule has 15 heavy (non-hydrogen) atoms. The molecular formula is C11H13N3S. The first kappa shape index (κ1) is 9.09. The van der Waals surface area contributed by atoms with Crippen LogP contribution < -0.4 is 0 Å². The molecule has 0 bridgehead atoms. The quantitative estimate of drug-likeness (QED) is 0.794. The molecule has 0 aromatic carbocycles. The normalized spacial score (nSPS) is 15.8. The second-order valence-corrected chi connectivity index (χ2v) is 4.84. The largest absolute Gasteiger partial charge is 0.310 e. The van der Waals surface area contributed by atoms with E-state index in [0.717, 1.165) is 12.2 Å². The Bertz CT molecular complexity index is 468. The third-order valence-corrected chi connectivity index (χ3v) is 3.80. The topological polar surface area (TPSA) is 30.7 Å². The maximum absolute atomic E-state index is 4.25. The fourth-order valence-electron chi connectivity index (χ4n) is 1.84. The van der Waals surface area contributed by atoms with Gasteiger partial charge in [0.2, 0.25) is 0 Å². The summed E-state index contributed by atoms with van der Waals surface area (Å²) in [6.07, 6.45) is 5.48. The van der Waals surface area contributed by atoms with E-state index < -0.39 is 0 Å². The molecule has 4 heteroatoms. The number of aromatic nitrogens is 3. The van der Waals surface area contributed by atoms with E-state index in [9.17, 15) is 0 Å². The lowest BCUT2D eigenvalue weighted by Crippen LogP contribution is -1.96. The van der Waals surface area contributed by atoms with Crippen molar-refractivity contribution in [3.8, 4) is 10.7 Å². The third kappa shape index (κ3) is 1.49. The van der Waals surface area contributed by atoms with Crippen molar-refractivity contribution in [2.75, 3.05) is 0 Å². The van der Waals surface area contributed by atoms with E-state index >= 15 is 0 Å². The molecule has 1 saturated carbocycles. The monoisotopic (exact) mass is 219 g/mol. The van der Waals surface area contributed by atoms with E-state index in [-0.39, 0.29) is 0 Å². The summed E-state index contributed by atoms with van der Waals surface area (Å²) in [5.74, 6) is 1.06. The van der Waals surface area contributed by atoms with Gasteiger partial charge in [-0.3, -0.25) is 0 Å². The summed E-state index contributed by atoms with van der Waals surface area (Å²) in [7, 11) is 0. The van der Waals surface area contributed by atoms with Crippen LogP contribution >= 0.6 is 11.3 Å². The van der Waals surface area contributed by atoms with Gasteiger partial charge in [-0.05, 0) is 36.3 Å². The summed E-state index contributed by atoms with van der Waals surface area (Å²) in [5.41, 5.74) is 1.38. The highest BCUT2D eigenvalue weighted by molar-refractivity contribution is 7.13. The van der Waals surface area contributed by atoms with Crippen molar-refractivity contribution in [3.63, 3.8) is 0 Å². The molecule has 0 atom stereocenters. The fourth-order valence-corrected chi connectivity index (χ4v) is 2.82. The minimum absolute atomic E-state index is 0.654. The molecule has 1 fully saturated rings. The van der Waals surface area contributed by atoms with Crippen LogP contribution in [-0.2, 0) is 6.42 Å². The average Bonchev–Trinajstić information content (AvgIpc) is 2.83. The number of hydrogen-bond donors (Lipinski definition) is 0. The zero-order chi connectivity index (χ0) is 10.3. The molecule has 0 N–H and O–H groups in total. The van der Waals surface area contributed by atoms with E-state index in [2.05, 4.69) is 33.1 Å². The van der Waals surface area contributed by atoms with Crippen LogP contribution in [0.25, 0.3) is 10.7 Å². The second kappa shape index (κ2) is 3.45. The summed E-state index contributed by atoms with van der Waals surface area (Å²) in [6.45, 7) is 2.18. The van der Waals surface area contributed by atoms with Gasteiger partial charge in [-0.1, -0.05) is 6.92 Å². The first-order chi connectivity index (χ1) is 7.40. The molecule has 0 amide bonds. The van der Waals surface area contributed by atoms with Crippen LogP contribution in [0.2, 0.25) is 0 Å². The highest BCUT2D eigenvalue weighted by Crippen LogP contribution is 2.39. The van der Waals surface area contributed by atoms with Crippen LogP contribution in [0.5, 0.6) is 0 Å². The van der Waals surface area contributed by atoms with Gasteiger partial charge in [0.1, 0.15) is 6.33 Å². The second-order valence-electron chi connectivity index (χ2n) is 3.92. The Morgan fingerprint density at radius 3 is 3.13 bits per heavy atom. The lowest BCUT2D eigenvalue weighted by atomic mass is 10.2. The number of nitrogens with zero attached hydrogens (tertiary/aromatic N) is 3. The van der Waals surface area contributed by atoms with E-state index in [4.69, 9.17) is 0 Å². The summed E-state index contributed by atoms with van der Waals surface area (Å²) >= 11 is 1.77. The molecular weight excluding hydrogens is 206 g/mol. The lowest BCUT2D eigenvalue weighted by molar-refractivity contribution is 0.746. The smallest absolute Gasteiger partial charge is 0.174 e. The molecule has 0 aliphatic heterocycles. The van der Waals surface area contributed by atoms with Crippen molar-refractivity contribution >= 4 is 11.3 Å². The molecule has 2 aromatic rings. The van der Waals surface area contributed by atoms with Gasteiger partial charge in [-0.15, -0.1) is 21.5 Å². The van der Waals surface area contributed by atoms with Crippen molar-refractivity contribution in [2.45, 2.75) is 32.2 Å². The first-order valence-corrected chi connectivity index (χ1v) is 6.24. The minimum Gasteiger partial charge on any atom is -0.310 e. The molecule has 2 heterocycles. The molecule has 3 nitrogen and oxygen atoms in total. The Morgan fingerprint density at radius 1 is 1.53 bits per heavy atom. The molecule has 0 saturated heterocycles. The highest BCUT2D eigenvalue weighted by atomic mass is 32.1. The number of rotatable bonds is 3. The van der Waals surface area contributed by atoms with Crippen LogP contribution in [0.15, 0.2) is 17.8 Å². The maximum atomic E-state index is 4.25. The van der Waals surface area contributed by atoms with Crippen LogP contribution in [0.4, 0.5) is 0 Å². The number of thiophene rings is 1. The summed E-state index contributed by atoms with van der Waals surface area (Å²) in [6, 6.07) is 2.84. The summed E-state index contributed by atoms with van der Waals surface area (Å²) < 4.78 is 2.23. The SMILES string of the molecule is CCc1ccsc1-c1nncn1C1CC1. The Balaban J connectivity index is 2.07. The molecule has 2 aromatic heterocycles. The lowest BCUT2D eigenvalue weighted by Gasteiger charge is -2.03. The van der Waals surface area contributed by atoms with Crippen LogP contribution in [0.1, 0.15) is 31.4 Å². The van der Waals surface area contributed by atoms with Gasteiger partial charge in [-0.2, -0.15) is 0 Å². The molecule has 78 valence electrons. The maximum Gasteiger partial charge on any atom is 0.174 e. The zero-order valence-electron chi connectivity index (χ0n) is 8.68. The van der Waals surface area contributed by atoms with Crippen molar-refractivity contribution in [2.24, 2.45) is 0 Å². The van der Waals surface area contributed by atoms with Gasteiger partial charge in [0, 0.05) is 6.04 Å². The molecule has 1 aliphatic rings. The summed E-state index contributed by atoms with van der Waals surface area (Å²) in [4.78, 5) is 1.29. The Kier molecular flexibility index (Phi) is 2.09. The van der Waals surface area contributed by atoms with Crippen molar-refractivity contribution < 1.29 is 0 Å². The highest BCUT2D eigenvalue weighted by Gasteiger charge is 2.27. The van der Waals surface area contributed by atoms with E-state index in [1.165, 1.54) is 23.3 Å². The van der Waals surface area contributed by atoms with Crippen LogP contribution in [0, 0.1) is 0 Å². The van der Waals surface area contributed by atoms with E-state index in [0.29, 0.717) is 6.04 Å². The predicted octanol–water partition coefficient (Wildman–Crippen LogP) is 2.90. The standard InChI is InChI=1S/C11H13N3S/c1-2-8-5-6-15-10(8)11-13-12-7-14(11)9-3-4-9/h5-7,9H,2-4H2,1H3. The molecule has 0 spiro atoms. The Hall–Kier alpha value is -1.16. The number of aryl methyl sites for hydroxylation is 1. The van der Waals surface area contributed by atoms with Gasteiger partial charge in [0.05, 0.1) is 4.88 Å². The molecule has 0 unspecified atom stereocenters. The van der Waals surface area contributed by atoms with Gasteiger partial charge in [0.15, 0.2) is 5.82 Å². The average molecular weight is 219 g/mol. The van der Waals surface area contributed by atoms with Gasteiger partial charge < -0.3 is 4.57 Å². The predicted molar refractivity (Wildman–Crippen MR) is 61.0 cm³/mol. The third-order valence-electron chi connectivity index (χ3n) is 2.84. The Morgan fingerprint density at radius 2 is 2.40 bits per heavy atom.